The van der Waals surface area contributed by atoms with Crippen LogP contribution < -0.4 is 10.6 Å². The number of amides is 2. The van der Waals surface area contributed by atoms with Gasteiger partial charge in [-0.15, -0.1) is 0 Å². The van der Waals surface area contributed by atoms with Gasteiger partial charge in [-0.05, 0) is 38.3 Å². The third kappa shape index (κ3) is 6.00. The summed E-state index contributed by atoms with van der Waals surface area (Å²) in [5.74, 6) is -3.41. The predicted octanol–water partition coefficient (Wildman–Crippen LogP) is 2.59. The van der Waals surface area contributed by atoms with Gasteiger partial charge in [-0.2, -0.15) is 0 Å². The van der Waals surface area contributed by atoms with Gasteiger partial charge in [0.1, 0.15) is 17.2 Å². The standard InChI is InChI=1S/C31H38N2O9/c1-19(34)40-26-27(35)41-24-25(38-17-21-13-9-6-10-14-21)31(26,33-28(36)32-16-20-11-7-5-8-12-20)22(15-30(24,4)37)23-18-39-29(2,3)42-23/h5-14,22-26,37H,15-18H2,1-4H3,(H2,32,33,36)/t22-,23-,24+,25-,26-,30+,31-/m1/s1. The molecular weight excluding hydrogens is 544 g/mol. The van der Waals surface area contributed by atoms with Gasteiger partial charge in [-0.3, -0.25) is 4.79 Å². The van der Waals surface area contributed by atoms with E-state index in [0.717, 1.165) is 11.1 Å². The maximum atomic E-state index is 13.7. The van der Waals surface area contributed by atoms with Crippen LogP contribution >= 0.6 is 0 Å². The van der Waals surface area contributed by atoms with E-state index in [1.807, 2.05) is 60.7 Å². The number of carbonyl (C=O) groups is 3. The molecule has 2 aromatic carbocycles. The van der Waals surface area contributed by atoms with Crippen molar-refractivity contribution in [2.45, 2.75) is 88.6 Å². The number of hydrogen-bond acceptors (Lipinski definition) is 9. The molecule has 0 spiro atoms. The molecule has 11 heteroatoms. The van der Waals surface area contributed by atoms with Crippen molar-refractivity contribution in [3.05, 3.63) is 71.8 Å². The lowest BCUT2D eigenvalue weighted by Crippen LogP contribution is -2.84. The maximum absolute atomic E-state index is 13.7. The van der Waals surface area contributed by atoms with E-state index in [-0.39, 0.29) is 26.2 Å². The molecule has 3 fully saturated rings. The number of fused-ring (bicyclic) bond motifs is 2. The molecule has 0 unspecified atom stereocenters. The first-order valence-corrected chi connectivity index (χ1v) is 14.1. The van der Waals surface area contributed by atoms with Gasteiger partial charge in [-0.25, -0.2) is 9.59 Å². The van der Waals surface area contributed by atoms with Crippen LogP contribution in [-0.2, 0) is 46.4 Å². The van der Waals surface area contributed by atoms with Crippen molar-refractivity contribution in [3.63, 3.8) is 0 Å². The van der Waals surface area contributed by atoms with E-state index in [1.165, 1.54) is 6.92 Å². The molecule has 2 aromatic rings. The number of aliphatic hydroxyl groups is 1. The van der Waals surface area contributed by atoms with Crippen LogP contribution in [0.3, 0.4) is 0 Å². The van der Waals surface area contributed by atoms with Gasteiger partial charge >= 0.3 is 18.0 Å². The molecule has 0 radical (unpaired) electrons. The van der Waals surface area contributed by atoms with Crippen molar-refractivity contribution in [2.24, 2.45) is 5.92 Å². The molecule has 3 aliphatic rings. The van der Waals surface area contributed by atoms with E-state index in [4.69, 9.17) is 23.7 Å². The van der Waals surface area contributed by atoms with E-state index in [9.17, 15) is 19.5 Å². The van der Waals surface area contributed by atoms with E-state index in [0.29, 0.717) is 0 Å². The first kappa shape index (κ1) is 30.0. The van der Waals surface area contributed by atoms with E-state index < -0.39 is 65.2 Å². The van der Waals surface area contributed by atoms with Crippen LogP contribution in [0.1, 0.15) is 45.2 Å². The van der Waals surface area contributed by atoms with Crippen LogP contribution in [0.15, 0.2) is 60.7 Å². The lowest BCUT2D eigenvalue weighted by Gasteiger charge is -2.61. The smallest absolute Gasteiger partial charge is 0.350 e. The minimum Gasteiger partial charge on any atom is -0.454 e. The fraction of sp³-hybridized carbons (Fsp3) is 0.516. The minimum absolute atomic E-state index is 0.0248. The summed E-state index contributed by atoms with van der Waals surface area (Å²) in [6, 6.07) is 18.0. The van der Waals surface area contributed by atoms with Crippen molar-refractivity contribution in [1.82, 2.24) is 10.6 Å². The van der Waals surface area contributed by atoms with Crippen molar-refractivity contribution in [1.29, 1.82) is 0 Å². The van der Waals surface area contributed by atoms with Crippen LogP contribution in [0.4, 0.5) is 4.79 Å². The number of carbonyl (C=O) groups excluding carboxylic acids is 3. The zero-order chi connectivity index (χ0) is 30.1. The highest BCUT2D eigenvalue weighted by molar-refractivity contribution is 5.84. The van der Waals surface area contributed by atoms with E-state index in [1.54, 1.807) is 20.8 Å². The highest BCUT2D eigenvalue weighted by atomic mass is 16.7. The zero-order valence-electron chi connectivity index (χ0n) is 24.2. The molecule has 2 saturated heterocycles. The lowest BCUT2D eigenvalue weighted by molar-refractivity contribution is -0.282. The number of nitrogens with one attached hydrogen (secondary N) is 2. The van der Waals surface area contributed by atoms with Crippen molar-refractivity contribution < 1.29 is 43.2 Å². The number of hydrogen-bond donors (Lipinski definition) is 3. The third-order valence-electron chi connectivity index (χ3n) is 8.16. The summed E-state index contributed by atoms with van der Waals surface area (Å²) in [7, 11) is 0. The Morgan fingerprint density at radius 1 is 1.02 bits per heavy atom. The van der Waals surface area contributed by atoms with Gasteiger partial charge in [0.05, 0.1) is 19.3 Å². The number of urea groups is 1. The van der Waals surface area contributed by atoms with Gasteiger partial charge in [0, 0.05) is 19.4 Å². The first-order chi connectivity index (χ1) is 19.9. The quantitative estimate of drug-likeness (QED) is 0.401. The third-order valence-corrected chi connectivity index (χ3v) is 8.16. The Morgan fingerprint density at radius 3 is 2.26 bits per heavy atom. The molecule has 42 heavy (non-hydrogen) atoms. The van der Waals surface area contributed by atoms with Crippen molar-refractivity contribution in [2.75, 3.05) is 6.61 Å². The van der Waals surface area contributed by atoms with Crippen LogP contribution in [0.2, 0.25) is 0 Å². The Kier molecular flexibility index (Phi) is 8.30. The molecule has 7 atom stereocenters. The molecular formula is C31H38N2O9. The highest BCUT2D eigenvalue weighted by Crippen LogP contribution is 2.52. The predicted molar refractivity (Wildman–Crippen MR) is 149 cm³/mol. The molecule has 226 valence electrons. The fourth-order valence-electron chi connectivity index (χ4n) is 6.33. The summed E-state index contributed by atoms with van der Waals surface area (Å²) < 4.78 is 30.0. The Bertz CT molecular complexity index is 1290. The largest absolute Gasteiger partial charge is 0.454 e. The topological polar surface area (TPSA) is 142 Å². The summed E-state index contributed by atoms with van der Waals surface area (Å²) >= 11 is 0. The molecule has 1 aliphatic carbocycles. The van der Waals surface area contributed by atoms with Crippen LogP contribution in [-0.4, -0.2) is 71.0 Å². The second-order valence-corrected chi connectivity index (χ2v) is 11.8. The fourth-order valence-corrected chi connectivity index (χ4v) is 6.33. The second kappa shape index (κ2) is 11.6. The van der Waals surface area contributed by atoms with Crippen molar-refractivity contribution in [3.8, 4) is 0 Å². The molecule has 11 nitrogen and oxygen atoms in total. The highest BCUT2D eigenvalue weighted by Gasteiger charge is 2.73. The maximum Gasteiger partial charge on any atom is 0.350 e. The number of benzene rings is 2. The van der Waals surface area contributed by atoms with E-state index >= 15 is 0 Å². The molecule has 2 heterocycles. The number of ether oxygens (including phenoxy) is 5. The van der Waals surface area contributed by atoms with E-state index in [2.05, 4.69) is 10.6 Å². The van der Waals surface area contributed by atoms with Gasteiger partial charge in [0.2, 0.25) is 6.10 Å². The Morgan fingerprint density at radius 2 is 1.67 bits per heavy atom. The van der Waals surface area contributed by atoms with Crippen molar-refractivity contribution >= 4 is 18.0 Å². The first-order valence-electron chi connectivity index (χ1n) is 14.1. The lowest BCUT2D eigenvalue weighted by atomic mass is 9.58. The van der Waals surface area contributed by atoms with Gasteiger partial charge < -0.3 is 39.4 Å². The summed E-state index contributed by atoms with van der Waals surface area (Å²) in [5, 5.41) is 17.6. The Balaban J connectivity index is 1.59. The second-order valence-electron chi connectivity index (χ2n) is 11.8. The average Bonchev–Trinajstić information content (AvgIpc) is 3.31. The van der Waals surface area contributed by atoms with Crippen LogP contribution in [0.5, 0.6) is 0 Å². The summed E-state index contributed by atoms with van der Waals surface area (Å²) in [5.41, 5.74) is -1.60. The number of esters is 2. The van der Waals surface area contributed by atoms with Gasteiger partial charge in [-0.1, -0.05) is 60.7 Å². The monoisotopic (exact) mass is 582 g/mol. The van der Waals surface area contributed by atoms with Crippen LogP contribution in [0.25, 0.3) is 0 Å². The molecule has 2 aliphatic heterocycles. The summed E-state index contributed by atoms with van der Waals surface area (Å²) in [4.78, 5) is 39.7. The zero-order valence-corrected chi connectivity index (χ0v) is 24.2. The SMILES string of the molecule is CC(=O)O[C@@H]1C(=O)O[C@H]2[C@@H](OCc3ccccc3)[C@]1(NC(=O)NCc1ccccc1)[C@@H]([C@H]1COC(C)(C)O1)C[C@]2(C)O. The summed E-state index contributed by atoms with van der Waals surface area (Å²) in [6.45, 7) is 6.62. The molecule has 2 amide bonds. The average molecular weight is 583 g/mol. The summed E-state index contributed by atoms with van der Waals surface area (Å²) in [6.07, 6.45) is -4.60. The Labute approximate surface area is 244 Å². The molecule has 0 aromatic heterocycles. The molecule has 5 rings (SSSR count). The Hall–Kier alpha value is -3.51. The van der Waals surface area contributed by atoms with Gasteiger partial charge in [0.15, 0.2) is 11.9 Å². The minimum atomic E-state index is -1.70. The molecule has 2 bridgehead atoms. The number of rotatable bonds is 8. The normalized spacial score (nSPS) is 33.4. The van der Waals surface area contributed by atoms with Gasteiger partial charge in [0.25, 0.3) is 0 Å². The molecule has 1 saturated carbocycles. The molecule has 3 N–H and O–H groups in total. The van der Waals surface area contributed by atoms with Crippen LogP contribution in [0, 0.1) is 5.92 Å².